The van der Waals surface area contributed by atoms with Crippen molar-refractivity contribution in [2.45, 2.75) is 26.9 Å². The molecule has 0 aliphatic carbocycles. The van der Waals surface area contributed by atoms with E-state index in [2.05, 4.69) is 10.5 Å². The summed E-state index contributed by atoms with van der Waals surface area (Å²) in [7, 11) is 0. The molecule has 0 saturated carbocycles. The molecule has 3 aromatic rings. The van der Waals surface area contributed by atoms with Gasteiger partial charge in [0.2, 0.25) is 5.88 Å². The van der Waals surface area contributed by atoms with Crippen LogP contribution in [0.2, 0.25) is 0 Å². The number of amides is 1. The van der Waals surface area contributed by atoms with E-state index < -0.39 is 23.6 Å². The largest absolute Gasteiger partial charge is 0.481 e. The lowest BCUT2D eigenvalue weighted by molar-refractivity contribution is -0.122. The van der Waals surface area contributed by atoms with Crippen LogP contribution in [-0.2, 0) is 4.79 Å². The quantitative estimate of drug-likeness (QED) is 0.708. The van der Waals surface area contributed by atoms with Crippen molar-refractivity contribution in [3.8, 4) is 17.0 Å². The van der Waals surface area contributed by atoms with E-state index in [0.29, 0.717) is 11.3 Å². The summed E-state index contributed by atoms with van der Waals surface area (Å²) < 4.78 is 37.0. The predicted octanol–water partition coefficient (Wildman–Crippen LogP) is 4.64. The molecule has 7 heteroatoms. The second-order valence-electron chi connectivity index (χ2n) is 6.20. The second kappa shape index (κ2) is 7.57. The summed E-state index contributed by atoms with van der Waals surface area (Å²) in [6.45, 7) is 5.56. The van der Waals surface area contributed by atoms with Gasteiger partial charge in [0.15, 0.2) is 17.7 Å². The third-order valence-electron chi connectivity index (χ3n) is 4.13. The molecule has 3 rings (SSSR count). The lowest BCUT2D eigenvalue weighted by Gasteiger charge is -2.14. The van der Waals surface area contributed by atoms with Crippen molar-refractivity contribution in [1.82, 2.24) is 5.16 Å². The zero-order valence-electron chi connectivity index (χ0n) is 15.0. The van der Waals surface area contributed by atoms with Crippen LogP contribution in [0.3, 0.4) is 0 Å². The Bertz CT molecular complexity index is 985. The molecule has 0 radical (unpaired) electrons. The number of anilines is 1. The van der Waals surface area contributed by atoms with Gasteiger partial charge in [-0.15, -0.1) is 0 Å². The van der Waals surface area contributed by atoms with Crippen LogP contribution in [0.5, 0.6) is 5.75 Å². The summed E-state index contributed by atoms with van der Waals surface area (Å²) in [5.41, 5.74) is 2.79. The molecule has 1 aromatic heterocycles. The van der Waals surface area contributed by atoms with Crippen molar-refractivity contribution < 1.29 is 22.8 Å². The first-order valence-electron chi connectivity index (χ1n) is 8.30. The highest BCUT2D eigenvalue weighted by Gasteiger charge is 2.18. The summed E-state index contributed by atoms with van der Waals surface area (Å²) in [5, 5.41) is 6.30. The lowest BCUT2D eigenvalue weighted by atomic mass is 10.1. The number of halogens is 2. The van der Waals surface area contributed by atoms with Gasteiger partial charge in [-0.25, -0.2) is 8.78 Å². The Morgan fingerprint density at radius 2 is 1.85 bits per heavy atom. The maximum absolute atomic E-state index is 13.3. The molecule has 27 heavy (non-hydrogen) atoms. The van der Waals surface area contributed by atoms with Gasteiger partial charge < -0.3 is 9.26 Å². The smallest absolute Gasteiger partial charge is 0.267 e. The number of rotatable bonds is 5. The van der Waals surface area contributed by atoms with Gasteiger partial charge >= 0.3 is 0 Å². The molecule has 0 unspecified atom stereocenters. The zero-order chi connectivity index (χ0) is 19.6. The van der Waals surface area contributed by atoms with Crippen molar-refractivity contribution in [2.75, 3.05) is 5.32 Å². The molecule has 1 N–H and O–H groups in total. The number of ether oxygens (including phenoxy) is 1. The number of nitrogens with zero attached hydrogens (tertiary/aromatic N) is 1. The summed E-state index contributed by atoms with van der Waals surface area (Å²) >= 11 is 0. The number of aromatic nitrogens is 1. The molecule has 1 heterocycles. The molecular formula is C20H18F2N2O3. The fourth-order valence-electron chi connectivity index (χ4n) is 2.39. The van der Waals surface area contributed by atoms with E-state index in [1.54, 1.807) is 13.0 Å². The Labute approximate surface area is 154 Å². The van der Waals surface area contributed by atoms with E-state index in [-0.39, 0.29) is 11.6 Å². The third-order valence-corrected chi connectivity index (χ3v) is 4.13. The first-order valence-corrected chi connectivity index (χ1v) is 8.30. The number of hydrogen-bond donors (Lipinski definition) is 1. The van der Waals surface area contributed by atoms with Crippen LogP contribution in [0, 0.1) is 25.5 Å². The Morgan fingerprint density at radius 1 is 1.07 bits per heavy atom. The van der Waals surface area contributed by atoms with Gasteiger partial charge in [-0.3, -0.25) is 10.1 Å². The van der Waals surface area contributed by atoms with Crippen LogP contribution in [0.4, 0.5) is 14.7 Å². The lowest BCUT2D eigenvalue weighted by Crippen LogP contribution is -2.30. The van der Waals surface area contributed by atoms with Crippen molar-refractivity contribution in [1.29, 1.82) is 0 Å². The first-order chi connectivity index (χ1) is 12.8. The molecule has 0 fully saturated rings. The Balaban J connectivity index is 1.66. The molecule has 140 valence electrons. The third kappa shape index (κ3) is 4.31. The number of aryl methyl sites for hydroxylation is 2. The number of carbonyl (C=O) groups is 1. The van der Waals surface area contributed by atoms with E-state index in [9.17, 15) is 13.6 Å². The average Bonchev–Trinajstić information content (AvgIpc) is 3.09. The summed E-state index contributed by atoms with van der Waals surface area (Å²) in [6, 6.07) is 10.4. The Morgan fingerprint density at radius 3 is 2.56 bits per heavy atom. The highest BCUT2D eigenvalue weighted by molar-refractivity contribution is 5.93. The standard InChI is InChI=1S/C20H18F2N2O3/c1-11-4-6-15(8-12(11)2)26-13(3)20(25)23-19-10-18(24-27-19)14-5-7-16(21)17(22)9-14/h4-10,13H,1-3H3,(H,23,25)/t13-/m0/s1. The average molecular weight is 372 g/mol. The van der Waals surface area contributed by atoms with Gasteiger partial charge in [0.05, 0.1) is 0 Å². The van der Waals surface area contributed by atoms with Gasteiger partial charge in [0.1, 0.15) is 11.4 Å². The minimum Gasteiger partial charge on any atom is -0.481 e. The minimum atomic E-state index is -0.989. The van der Waals surface area contributed by atoms with E-state index in [1.807, 2.05) is 26.0 Å². The summed E-state index contributed by atoms with van der Waals surface area (Å²) in [5.74, 6) is -1.71. The van der Waals surface area contributed by atoms with Gasteiger partial charge in [-0.05, 0) is 62.2 Å². The van der Waals surface area contributed by atoms with Gasteiger partial charge in [-0.1, -0.05) is 11.2 Å². The van der Waals surface area contributed by atoms with E-state index in [1.165, 1.54) is 12.1 Å². The second-order valence-corrected chi connectivity index (χ2v) is 6.20. The molecule has 0 aliphatic heterocycles. The monoisotopic (exact) mass is 372 g/mol. The highest BCUT2D eigenvalue weighted by Crippen LogP contribution is 2.24. The molecule has 2 aromatic carbocycles. The Hall–Kier alpha value is -3.22. The SMILES string of the molecule is Cc1ccc(O[C@@H](C)C(=O)Nc2cc(-c3ccc(F)c(F)c3)no2)cc1C. The van der Waals surface area contributed by atoms with Crippen LogP contribution in [-0.4, -0.2) is 17.2 Å². The van der Waals surface area contributed by atoms with Crippen molar-refractivity contribution >= 4 is 11.8 Å². The molecule has 1 atom stereocenters. The van der Waals surface area contributed by atoms with Crippen molar-refractivity contribution in [3.05, 3.63) is 65.2 Å². The number of hydrogen-bond acceptors (Lipinski definition) is 4. The molecule has 5 nitrogen and oxygen atoms in total. The number of benzene rings is 2. The highest BCUT2D eigenvalue weighted by atomic mass is 19.2. The first kappa shape index (κ1) is 18.6. The topological polar surface area (TPSA) is 64.4 Å². The normalized spacial score (nSPS) is 11.9. The number of carbonyl (C=O) groups excluding carboxylic acids is 1. The Kier molecular flexibility index (Phi) is 5.21. The van der Waals surface area contributed by atoms with E-state index in [0.717, 1.165) is 23.3 Å². The maximum Gasteiger partial charge on any atom is 0.267 e. The number of nitrogens with one attached hydrogen (secondary N) is 1. The van der Waals surface area contributed by atoms with Crippen LogP contribution in [0.15, 0.2) is 47.0 Å². The fourth-order valence-corrected chi connectivity index (χ4v) is 2.39. The van der Waals surface area contributed by atoms with E-state index in [4.69, 9.17) is 9.26 Å². The van der Waals surface area contributed by atoms with E-state index >= 15 is 0 Å². The molecule has 0 saturated heterocycles. The zero-order valence-corrected chi connectivity index (χ0v) is 15.0. The summed E-state index contributed by atoms with van der Waals surface area (Å²) in [4.78, 5) is 12.3. The van der Waals surface area contributed by atoms with Gasteiger partial charge in [0.25, 0.3) is 5.91 Å². The van der Waals surface area contributed by atoms with Crippen molar-refractivity contribution in [2.24, 2.45) is 0 Å². The molecular weight excluding hydrogens is 354 g/mol. The maximum atomic E-state index is 13.3. The molecule has 1 amide bonds. The fraction of sp³-hybridized carbons (Fsp3) is 0.200. The predicted molar refractivity (Wildman–Crippen MR) is 96.5 cm³/mol. The molecule has 0 spiro atoms. The van der Waals surface area contributed by atoms with Crippen LogP contribution in [0.1, 0.15) is 18.1 Å². The van der Waals surface area contributed by atoms with Crippen LogP contribution >= 0.6 is 0 Å². The molecule has 0 aliphatic rings. The minimum absolute atomic E-state index is 0.0790. The molecule has 0 bridgehead atoms. The van der Waals surface area contributed by atoms with Gasteiger partial charge in [-0.2, -0.15) is 0 Å². The van der Waals surface area contributed by atoms with Crippen LogP contribution < -0.4 is 10.1 Å². The van der Waals surface area contributed by atoms with Gasteiger partial charge in [0, 0.05) is 11.6 Å². The summed E-state index contributed by atoms with van der Waals surface area (Å²) in [6.07, 6.45) is -0.774. The van der Waals surface area contributed by atoms with Crippen LogP contribution in [0.25, 0.3) is 11.3 Å². The van der Waals surface area contributed by atoms with Crippen molar-refractivity contribution in [3.63, 3.8) is 0 Å².